The van der Waals surface area contributed by atoms with Crippen LogP contribution in [0.1, 0.15) is 466 Å². The van der Waals surface area contributed by atoms with Gasteiger partial charge >= 0.3 is 39.5 Å². The Balaban J connectivity index is 5.26. The highest BCUT2D eigenvalue weighted by atomic mass is 31.2. The molecule has 0 saturated heterocycles. The molecule has 0 spiro atoms. The van der Waals surface area contributed by atoms with E-state index in [0.717, 1.165) is 114 Å². The van der Waals surface area contributed by atoms with E-state index < -0.39 is 97.5 Å². The molecule has 0 fully saturated rings. The van der Waals surface area contributed by atoms with Gasteiger partial charge in [-0.1, -0.05) is 415 Å². The summed E-state index contributed by atoms with van der Waals surface area (Å²) in [5, 5.41) is 10.7. The van der Waals surface area contributed by atoms with Crippen LogP contribution in [0.5, 0.6) is 0 Å². The van der Waals surface area contributed by atoms with Crippen LogP contribution >= 0.6 is 15.6 Å². The van der Waals surface area contributed by atoms with Crippen molar-refractivity contribution in [3.8, 4) is 0 Å². The Kier molecular flexibility index (Phi) is 76.2. The summed E-state index contributed by atoms with van der Waals surface area (Å²) < 4.78 is 69.0. The van der Waals surface area contributed by atoms with Crippen molar-refractivity contribution < 1.29 is 80.2 Å². The third-order valence-corrected chi connectivity index (χ3v) is 23.4. The minimum atomic E-state index is -4.97. The van der Waals surface area contributed by atoms with E-state index in [-0.39, 0.29) is 25.7 Å². The Labute approximate surface area is 664 Å². The van der Waals surface area contributed by atoms with Crippen LogP contribution in [-0.4, -0.2) is 96.7 Å². The van der Waals surface area contributed by atoms with Crippen molar-refractivity contribution in [2.45, 2.75) is 485 Å². The largest absolute Gasteiger partial charge is 0.472 e. The van der Waals surface area contributed by atoms with Gasteiger partial charge in [0.05, 0.1) is 26.4 Å². The van der Waals surface area contributed by atoms with Crippen LogP contribution in [0.2, 0.25) is 0 Å². The zero-order valence-electron chi connectivity index (χ0n) is 71.5. The Morgan fingerprint density at radius 2 is 0.444 bits per heavy atom. The molecular weight excluding hydrogens is 1400 g/mol. The molecule has 0 aromatic rings. The fourth-order valence-electron chi connectivity index (χ4n) is 13.8. The molecular formula is C89H174O17P2. The number of unbranched alkanes of at least 4 members (excludes halogenated alkanes) is 50. The zero-order valence-corrected chi connectivity index (χ0v) is 73.3. The lowest BCUT2D eigenvalue weighted by molar-refractivity contribution is -0.161. The number of carbonyl (C=O) groups is 4. The highest BCUT2D eigenvalue weighted by molar-refractivity contribution is 7.47. The number of esters is 4. The summed E-state index contributed by atoms with van der Waals surface area (Å²) in [7, 11) is -9.94. The van der Waals surface area contributed by atoms with E-state index in [1.807, 2.05) is 0 Å². The normalized spacial score (nSPS) is 14.4. The summed E-state index contributed by atoms with van der Waals surface area (Å²) >= 11 is 0. The van der Waals surface area contributed by atoms with Crippen molar-refractivity contribution in [1.82, 2.24) is 0 Å². The second-order valence-corrected chi connectivity index (χ2v) is 36.3. The molecule has 0 saturated carbocycles. The first-order chi connectivity index (χ1) is 52.2. The molecule has 0 aliphatic heterocycles. The van der Waals surface area contributed by atoms with E-state index in [1.54, 1.807) is 0 Å². The zero-order chi connectivity index (χ0) is 79.5. The molecule has 0 heterocycles. The monoisotopic (exact) mass is 1580 g/mol. The van der Waals surface area contributed by atoms with Crippen molar-refractivity contribution in [3.05, 3.63) is 0 Å². The van der Waals surface area contributed by atoms with Crippen LogP contribution in [0.25, 0.3) is 0 Å². The van der Waals surface area contributed by atoms with Gasteiger partial charge in [0.25, 0.3) is 0 Å². The average Bonchev–Trinajstić information content (AvgIpc) is 0.898. The minimum Gasteiger partial charge on any atom is -0.462 e. The summed E-state index contributed by atoms with van der Waals surface area (Å²) in [5.74, 6) is 1.14. The Morgan fingerprint density at radius 1 is 0.259 bits per heavy atom. The third-order valence-electron chi connectivity index (χ3n) is 21.5. The van der Waals surface area contributed by atoms with Crippen molar-refractivity contribution in [3.63, 3.8) is 0 Å². The molecule has 0 radical (unpaired) electrons. The van der Waals surface area contributed by atoms with Gasteiger partial charge in [0.2, 0.25) is 0 Å². The highest BCUT2D eigenvalue weighted by Crippen LogP contribution is 2.45. The molecule has 17 nitrogen and oxygen atoms in total. The van der Waals surface area contributed by atoms with Gasteiger partial charge in [0.15, 0.2) is 12.2 Å². The van der Waals surface area contributed by atoms with Crippen molar-refractivity contribution in [1.29, 1.82) is 0 Å². The quantitative estimate of drug-likeness (QED) is 0.0222. The fourth-order valence-corrected chi connectivity index (χ4v) is 15.4. The highest BCUT2D eigenvalue weighted by Gasteiger charge is 2.31. The van der Waals surface area contributed by atoms with Gasteiger partial charge in [-0.15, -0.1) is 0 Å². The Morgan fingerprint density at radius 3 is 0.657 bits per heavy atom. The van der Waals surface area contributed by atoms with Crippen LogP contribution < -0.4 is 0 Å². The molecule has 0 aromatic carbocycles. The number of phosphoric ester groups is 2. The van der Waals surface area contributed by atoms with Gasteiger partial charge in [-0.05, 0) is 49.4 Å². The van der Waals surface area contributed by atoms with Crippen molar-refractivity contribution >= 4 is 39.5 Å². The molecule has 3 N–H and O–H groups in total. The lowest BCUT2D eigenvalue weighted by Gasteiger charge is -2.21. The first kappa shape index (κ1) is 106. The van der Waals surface area contributed by atoms with E-state index in [2.05, 4.69) is 55.4 Å². The number of carbonyl (C=O) groups excluding carboxylic acids is 4. The number of hydrogen-bond acceptors (Lipinski definition) is 15. The number of phosphoric acid groups is 2. The number of aliphatic hydroxyl groups excluding tert-OH is 1. The van der Waals surface area contributed by atoms with Crippen molar-refractivity contribution in [2.24, 2.45) is 23.7 Å². The van der Waals surface area contributed by atoms with E-state index in [9.17, 15) is 43.2 Å². The molecule has 7 atom stereocenters. The SMILES string of the molecule is CCC(C)CCCCCCCCCCCCCCCCCCCCC(=O)O[C@H](COC(=O)CCCCCCCCCCCCCCCCCC(C)C)COP(=O)(O)OC[C@@H](O)COP(=O)(O)OC[C@@H](COC(=O)CCCCCCCCCCC(C)CC)OC(=O)CCCCCCCCCCCCCCCC(C)C. The van der Waals surface area contributed by atoms with E-state index in [1.165, 1.54) is 270 Å². The van der Waals surface area contributed by atoms with Gasteiger partial charge in [-0.2, -0.15) is 0 Å². The van der Waals surface area contributed by atoms with Gasteiger partial charge in [0, 0.05) is 25.7 Å². The van der Waals surface area contributed by atoms with Crippen molar-refractivity contribution in [2.75, 3.05) is 39.6 Å². The second kappa shape index (κ2) is 77.6. The van der Waals surface area contributed by atoms with Crippen LogP contribution in [-0.2, 0) is 65.4 Å². The molecule has 0 amide bonds. The van der Waals surface area contributed by atoms with Crippen LogP contribution in [0.4, 0.5) is 0 Å². The molecule has 108 heavy (non-hydrogen) atoms. The minimum absolute atomic E-state index is 0.107. The third kappa shape index (κ3) is 79.3. The summed E-state index contributed by atoms with van der Waals surface area (Å²) in [6, 6.07) is 0. The molecule has 19 heteroatoms. The van der Waals surface area contributed by atoms with E-state index in [0.29, 0.717) is 25.7 Å². The van der Waals surface area contributed by atoms with E-state index >= 15 is 0 Å². The van der Waals surface area contributed by atoms with Gasteiger partial charge < -0.3 is 33.8 Å². The smallest absolute Gasteiger partial charge is 0.462 e. The summed E-state index contributed by atoms with van der Waals surface area (Å²) in [4.78, 5) is 73.4. The maximum atomic E-state index is 13.2. The lowest BCUT2D eigenvalue weighted by Crippen LogP contribution is -2.30. The topological polar surface area (TPSA) is 237 Å². The second-order valence-electron chi connectivity index (χ2n) is 33.4. The Hall–Kier alpha value is -1.94. The number of aliphatic hydroxyl groups is 1. The Bertz CT molecular complexity index is 2100. The standard InChI is InChI=1S/C89H174O17P2/c1-9-81(7)67-59-51-43-35-29-23-17-13-11-12-14-18-25-31-37-47-55-63-71-88(93)105-84(75-99-86(91)69-61-53-45-36-30-24-19-15-16-21-27-33-41-49-57-65-79(3)4)77-103-107(95,96)101-73-83(90)74-102-108(97,98)104-78-85(76-100-87(92)70-62-54-46-40-39-44-52-60-68-82(8)10-2)106-89(94)72-64-56-48-38-32-26-20-22-28-34-42-50-58-66-80(5)6/h79-85,90H,9-78H2,1-8H3,(H,95,96)(H,97,98)/t81?,82?,83-,84-,85-/m1/s1. The molecule has 0 aliphatic rings. The fraction of sp³-hybridized carbons (Fsp3) is 0.955. The molecule has 4 unspecified atom stereocenters. The first-order valence-corrected chi connectivity index (χ1v) is 48.8. The number of ether oxygens (including phenoxy) is 4. The van der Waals surface area contributed by atoms with Crippen LogP contribution in [0, 0.1) is 23.7 Å². The average molecular weight is 1580 g/mol. The van der Waals surface area contributed by atoms with Crippen LogP contribution in [0.15, 0.2) is 0 Å². The summed E-state index contributed by atoms with van der Waals surface area (Å²) in [6.45, 7) is 14.4. The van der Waals surface area contributed by atoms with E-state index in [4.69, 9.17) is 37.0 Å². The molecule has 642 valence electrons. The van der Waals surface area contributed by atoms with Crippen LogP contribution in [0.3, 0.4) is 0 Å². The van der Waals surface area contributed by atoms with Gasteiger partial charge in [0.1, 0.15) is 19.3 Å². The summed E-state index contributed by atoms with van der Waals surface area (Å²) in [6.07, 6.45) is 67.9. The molecule has 0 aromatic heterocycles. The van der Waals surface area contributed by atoms with Gasteiger partial charge in [-0.3, -0.25) is 37.3 Å². The molecule has 0 rings (SSSR count). The maximum absolute atomic E-state index is 13.2. The maximum Gasteiger partial charge on any atom is 0.472 e. The predicted molar refractivity (Wildman–Crippen MR) is 446 cm³/mol. The number of rotatable bonds is 86. The predicted octanol–water partition coefficient (Wildman–Crippen LogP) is 27.1. The lowest BCUT2D eigenvalue weighted by atomic mass is 9.99. The summed E-state index contributed by atoms with van der Waals surface area (Å²) in [5.41, 5.74) is 0. The molecule has 0 bridgehead atoms. The first-order valence-electron chi connectivity index (χ1n) is 45.8. The molecule has 0 aliphatic carbocycles. The number of hydrogen-bond donors (Lipinski definition) is 3. The van der Waals surface area contributed by atoms with Gasteiger partial charge in [-0.25, -0.2) is 9.13 Å².